The summed E-state index contributed by atoms with van der Waals surface area (Å²) >= 11 is 6.07. The van der Waals surface area contributed by atoms with Crippen LogP contribution in [0.1, 0.15) is 31.7 Å². The number of benzene rings is 1. The van der Waals surface area contributed by atoms with Crippen molar-refractivity contribution >= 4 is 17.5 Å². The van der Waals surface area contributed by atoms with E-state index >= 15 is 0 Å². The van der Waals surface area contributed by atoms with Crippen LogP contribution in [0.2, 0.25) is 5.02 Å². The van der Waals surface area contributed by atoms with Gasteiger partial charge in [-0.1, -0.05) is 37.6 Å². The highest BCUT2D eigenvalue weighted by molar-refractivity contribution is 6.30. The van der Waals surface area contributed by atoms with Gasteiger partial charge in [0.1, 0.15) is 0 Å². The maximum absolute atomic E-state index is 12.9. The smallest absolute Gasteiger partial charge is 0.226 e. The Morgan fingerprint density at radius 1 is 1.36 bits per heavy atom. The normalized spacial score (nSPS) is 35.5. The monoisotopic (exact) mass is 319 g/mol. The van der Waals surface area contributed by atoms with E-state index in [0.717, 1.165) is 24.6 Å². The Balaban J connectivity index is 1.50. The molecule has 4 rings (SSSR count). The van der Waals surface area contributed by atoms with E-state index in [9.17, 15) is 4.79 Å². The Kier molecular flexibility index (Phi) is 3.28. The second-order valence-electron chi connectivity index (χ2n) is 7.67. The summed E-state index contributed by atoms with van der Waals surface area (Å²) in [6, 6.07) is 8.21. The Hall–Kier alpha value is -1.06. The number of rotatable bonds is 2. The molecule has 0 bridgehead atoms. The summed E-state index contributed by atoms with van der Waals surface area (Å²) in [7, 11) is 0. The summed E-state index contributed by atoms with van der Waals surface area (Å²) in [5.41, 5.74) is 1.36. The van der Waals surface area contributed by atoms with Crippen LogP contribution in [0.4, 0.5) is 0 Å². The summed E-state index contributed by atoms with van der Waals surface area (Å²) < 4.78 is 5.64. The number of carbonyl (C=O) groups excluding carboxylic acids is 1. The van der Waals surface area contributed by atoms with Gasteiger partial charge in [-0.05, 0) is 35.4 Å². The molecule has 0 spiro atoms. The molecule has 3 fully saturated rings. The molecule has 0 radical (unpaired) electrons. The minimum Gasteiger partial charge on any atom is -0.379 e. The van der Waals surface area contributed by atoms with Gasteiger partial charge in [-0.25, -0.2) is 0 Å². The predicted molar refractivity (Wildman–Crippen MR) is 85.9 cm³/mol. The van der Waals surface area contributed by atoms with Crippen LogP contribution in [0.25, 0.3) is 0 Å². The van der Waals surface area contributed by atoms with Gasteiger partial charge in [0, 0.05) is 23.4 Å². The molecule has 118 valence electrons. The Morgan fingerprint density at radius 3 is 2.95 bits per heavy atom. The fourth-order valence-corrected chi connectivity index (χ4v) is 4.50. The van der Waals surface area contributed by atoms with Gasteiger partial charge in [0.15, 0.2) is 0 Å². The average molecular weight is 320 g/mol. The van der Waals surface area contributed by atoms with Gasteiger partial charge in [0.05, 0.1) is 19.3 Å². The van der Waals surface area contributed by atoms with Crippen molar-refractivity contribution in [1.82, 2.24) is 4.90 Å². The number of hydrogen-bond donors (Lipinski definition) is 0. The number of nitrogens with zero attached hydrogens (tertiary/aromatic N) is 1. The number of amides is 1. The Morgan fingerprint density at radius 2 is 2.18 bits per heavy atom. The molecule has 1 aliphatic carbocycles. The van der Waals surface area contributed by atoms with E-state index in [2.05, 4.69) is 24.8 Å². The van der Waals surface area contributed by atoms with Crippen molar-refractivity contribution in [2.24, 2.45) is 17.3 Å². The molecule has 3 aliphatic rings. The molecule has 1 amide bonds. The lowest BCUT2D eigenvalue weighted by Crippen LogP contribution is -2.39. The molecule has 2 heterocycles. The lowest BCUT2D eigenvalue weighted by atomic mass is 9.80. The topological polar surface area (TPSA) is 29.5 Å². The molecular formula is C18H22ClNO2. The molecule has 1 saturated carbocycles. The molecule has 0 aromatic heterocycles. The van der Waals surface area contributed by atoms with E-state index in [1.54, 1.807) is 0 Å². The first kappa shape index (κ1) is 14.5. The van der Waals surface area contributed by atoms with Crippen molar-refractivity contribution in [2.75, 3.05) is 19.8 Å². The number of fused-ring (bicyclic) bond motifs is 1. The van der Waals surface area contributed by atoms with Gasteiger partial charge in [-0.15, -0.1) is 0 Å². The number of carbonyl (C=O) groups is 1. The zero-order valence-electron chi connectivity index (χ0n) is 13.1. The van der Waals surface area contributed by atoms with Crippen molar-refractivity contribution in [3.63, 3.8) is 0 Å². The maximum Gasteiger partial charge on any atom is 0.226 e. The predicted octanol–water partition coefficient (Wildman–Crippen LogP) is 3.33. The summed E-state index contributed by atoms with van der Waals surface area (Å²) in [6.07, 6.45) is 0.953. The van der Waals surface area contributed by atoms with E-state index in [-0.39, 0.29) is 17.4 Å². The van der Waals surface area contributed by atoms with Crippen LogP contribution in [0, 0.1) is 17.3 Å². The number of hydrogen-bond acceptors (Lipinski definition) is 2. The summed E-state index contributed by atoms with van der Waals surface area (Å²) in [5.74, 6) is 1.28. The van der Waals surface area contributed by atoms with Crippen molar-refractivity contribution in [3.8, 4) is 0 Å². The highest BCUT2D eigenvalue weighted by Crippen LogP contribution is 2.51. The molecule has 4 atom stereocenters. The third-order valence-corrected chi connectivity index (χ3v) is 5.94. The molecular weight excluding hydrogens is 298 g/mol. The first-order chi connectivity index (χ1) is 10.5. The highest BCUT2D eigenvalue weighted by Gasteiger charge is 2.55. The van der Waals surface area contributed by atoms with Crippen molar-refractivity contribution in [1.29, 1.82) is 0 Å². The summed E-state index contributed by atoms with van der Waals surface area (Å²) in [4.78, 5) is 15.0. The van der Waals surface area contributed by atoms with E-state index in [0.29, 0.717) is 24.3 Å². The third-order valence-electron chi connectivity index (χ3n) is 5.70. The molecule has 0 unspecified atom stereocenters. The SMILES string of the molecule is CC1(C)CN(C(=O)[C@H]2C[C@@H]2c2cccc(Cl)c2)[C@H]2COC[C@H]21. The van der Waals surface area contributed by atoms with Crippen LogP contribution in [0.3, 0.4) is 0 Å². The van der Waals surface area contributed by atoms with Crippen LogP contribution in [0.15, 0.2) is 24.3 Å². The second kappa shape index (κ2) is 4.97. The minimum atomic E-state index is 0.133. The van der Waals surface area contributed by atoms with Gasteiger partial charge in [-0.2, -0.15) is 0 Å². The first-order valence-corrected chi connectivity index (χ1v) is 8.49. The molecule has 1 aromatic carbocycles. The third kappa shape index (κ3) is 2.26. The van der Waals surface area contributed by atoms with Gasteiger partial charge in [0.2, 0.25) is 5.91 Å². The molecule has 22 heavy (non-hydrogen) atoms. The van der Waals surface area contributed by atoms with Crippen LogP contribution >= 0.6 is 11.6 Å². The Labute approximate surface area is 136 Å². The van der Waals surface area contributed by atoms with Crippen LogP contribution in [0.5, 0.6) is 0 Å². The number of likely N-dealkylation sites (tertiary alicyclic amines) is 1. The Bertz CT molecular complexity index is 615. The molecule has 3 nitrogen and oxygen atoms in total. The van der Waals surface area contributed by atoms with Crippen LogP contribution in [-0.2, 0) is 9.53 Å². The standard InChI is InChI=1S/C18H22ClNO2/c1-18(2)10-20(16-9-22-8-15(16)18)17(21)14-7-13(14)11-4-3-5-12(19)6-11/h3-6,13-16H,7-10H2,1-2H3/t13-,14+,15-,16+/m1/s1. The van der Waals surface area contributed by atoms with Crippen molar-refractivity contribution < 1.29 is 9.53 Å². The number of ether oxygens (including phenoxy) is 1. The van der Waals surface area contributed by atoms with Crippen LogP contribution < -0.4 is 0 Å². The minimum absolute atomic E-state index is 0.133. The largest absolute Gasteiger partial charge is 0.379 e. The van der Waals surface area contributed by atoms with Crippen molar-refractivity contribution in [2.45, 2.75) is 32.2 Å². The molecule has 4 heteroatoms. The van der Waals surface area contributed by atoms with Gasteiger partial charge in [-0.3, -0.25) is 4.79 Å². The van der Waals surface area contributed by atoms with Gasteiger partial charge in [0.25, 0.3) is 0 Å². The summed E-state index contributed by atoms with van der Waals surface area (Å²) in [5, 5.41) is 0.752. The lowest BCUT2D eigenvalue weighted by molar-refractivity contribution is -0.134. The van der Waals surface area contributed by atoms with Gasteiger partial charge >= 0.3 is 0 Å². The zero-order chi connectivity index (χ0) is 15.5. The first-order valence-electron chi connectivity index (χ1n) is 8.11. The molecule has 2 saturated heterocycles. The van der Waals surface area contributed by atoms with E-state index in [1.165, 1.54) is 5.56 Å². The molecule has 0 N–H and O–H groups in total. The van der Waals surface area contributed by atoms with Gasteiger partial charge < -0.3 is 9.64 Å². The van der Waals surface area contributed by atoms with E-state index < -0.39 is 0 Å². The second-order valence-corrected chi connectivity index (χ2v) is 8.11. The summed E-state index contributed by atoms with van der Waals surface area (Å²) in [6.45, 7) is 6.88. The maximum atomic E-state index is 12.9. The van der Waals surface area contributed by atoms with Crippen molar-refractivity contribution in [3.05, 3.63) is 34.9 Å². The zero-order valence-corrected chi connectivity index (χ0v) is 13.8. The highest BCUT2D eigenvalue weighted by atomic mass is 35.5. The van der Waals surface area contributed by atoms with E-state index in [1.807, 2.05) is 18.2 Å². The fraction of sp³-hybridized carbons (Fsp3) is 0.611. The van der Waals surface area contributed by atoms with E-state index in [4.69, 9.17) is 16.3 Å². The van der Waals surface area contributed by atoms with Crippen LogP contribution in [-0.4, -0.2) is 36.6 Å². The molecule has 1 aromatic rings. The molecule has 2 aliphatic heterocycles. The quantitative estimate of drug-likeness (QED) is 0.837. The number of halogens is 1. The lowest BCUT2D eigenvalue weighted by Gasteiger charge is -2.24. The fourth-order valence-electron chi connectivity index (χ4n) is 4.30. The average Bonchev–Trinajstić information content (AvgIpc) is 3.03.